The number of aryl methyl sites for hydroxylation is 3. The van der Waals surface area contributed by atoms with E-state index >= 15 is 0 Å². The van der Waals surface area contributed by atoms with E-state index in [9.17, 15) is 4.79 Å². The van der Waals surface area contributed by atoms with Gasteiger partial charge < -0.3 is 10.6 Å². The Morgan fingerprint density at radius 2 is 2.09 bits per heavy atom. The smallest absolute Gasteiger partial charge is 0.240 e. The first kappa shape index (κ1) is 14.6. The maximum atomic E-state index is 11.5. The number of hydrogen-bond donors (Lipinski definition) is 1. The van der Waals surface area contributed by atoms with Gasteiger partial charge in [0, 0.05) is 20.0 Å². The SMILES string of the molecule is Cn1nc(CCc2ccccc2)nc1N1CCC[C@H]1C(N)=O. The van der Waals surface area contributed by atoms with Crippen LogP contribution in [0.2, 0.25) is 0 Å². The second-order valence-electron chi connectivity index (χ2n) is 5.69. The fourth-order valence-electron chi connectivity index (χ4n) is 2.99. The topological polar surface area (TPSA) is 77.0 Å². The summed E-state index contributed by atoms with van der Waals surface area (Å²) in [5.74, 6) is 1.26. The maximum Gasteiger partial charge on any atom is 0.240 e. The normalized spacial score (nSPS) is 17.9. The highest BCUT2D eigenvalue weighted by Crippen LogP contribution is 2.23. The Hall–Kier alpha value is -2.37. The number of carbonyl (C=O) groups is 1. The van der Waals surface area contributed by atoms with Gasteiger partial charge in [-0.25, -0.2) is 4.68 Å². The summed E-state index contributed by atoms with van der Waals surface area (Å²) in [7, 11) is 1.87. The number of rotatable bonds is 5. The highest BCUT2D eigenvalue weighted by molar-refractivity contribution is 5.83. The lowest BCUT2D eigenvalue weighted by molar-refractivity contribution is -0.119. The van der Waals surface area contributed by atoms with E-state index in [1.165, 1.54) is 5.56 Å². The van der Waals surface area contributed by atoms with Gasteiger partial charge >= 0.3 is 0 Å². The lowest BCUT2D eigenvalue weighted by Gasteiger charge is -2.22. The van der Waals surface area contributed by atoms with Crippen molar-refractivity contribution in [3.8, 4) is 0 Å². The number of amides is 1. The van der Waals surface area contributed by atoms with Crippen LogP contribution in [0, 0.1) is 0 Å². The molecule has 6 nitrogen and oxygen atoms in total. The predicted molar refractivity (Wildman–Crippen MR) is 84.4 cm³/mol. The molecule has 0 unspecified atom stereocenters. The van der Waals surface area contributed by atoms with Crippen molar-refractivity contribution in [2.45, 2.75) is 31.7 Å². The monoisotopic (exact) mass is 299 g/mol. The summed E-state index contributed by atoms with van der Waals surface area (Å²) >= 11 is 0. The van der Waals surface area contributed by atoms with E-state index in [0.717, 1.165) is 44.0 Å². The Morgan fingerprint density at radius 1 is 1.32 bits per heavy atom. The summed E-state index contributed by atoms with van der Waals surface area (Å²) in [4.78, 5) is 18.1. The summed E-state index contributed by atoms with van der Waals surface area (Å²) in [6, 6.07) is 10.0. The molecule has 6 heteroatoms. The molecule has 22 heavy (non-hydrogen) atoms. The number of hydrogen-bond acceptors (Lipinski definition) is 4. The van der Waals surface area contributed by atoms with Gasteiger partial charge in [-0.2, -0.15) is 10.1 Å². The van der Waals surface area contributed by atoms with Crippen LogP contribution >= 0.6 is 0 Å². The largest absolute Gasteiger partial charge is 0.368 e. The van der Waals surface area contributed by atoms with Crippen LogP contribution in [0.4, 0.5) is 5.95 Å². The van der Waals surface area contributed by atoms with Crippen molar-refractivity contribution in [2.24, 2.45) is 12.8 Å². The zero-order valence-electron chi connectivity index (χ0n) is 12.8. The van der Waals surface area contributed by atoms with Gasteiger partial charge in [-0.3, -0.25) is 4.79 Å². The number of anilines is 1. The fraction of sp³-hybridized carbons (Fsp3) is 0.438. The highest BCUT2D eigenvalue weighted by atomic mass is 16.1. The summed E-state index contributed by atoms with van der Waals surface area (Å²) < 4.78 is 1.75. The summed E-state index contributed by atoms with van der Waals surface area (Å²) in [5.41, 5.74) is 6.75. The Kier molecular flexibility index (Phi) is 4.09. The lowest BCUT2D eigenvalue weighted by atomic mass is 10.1. The summed E-state index contributed by atoms with van der Waals surface area (Å²) in [6.07, 6.45) is 3.44. The van der Waals surface area contributed by atoms with Gasteiger partial charge in [-0.05, 0) is 24.8 Å². The average Bonchev–Trinajstić information content (AvgIpc) is 3.12. The average molecular weight is 299 g/mol. The number of nitrogens with two attached hydrogens (primary N) is 1. The second kappa shape index (κ2) is 6.17. The third-order valence-corrected chi connectivity index (χ3v) is 4.10. The zero-order chi connectivity index (χ0) is 15.5. The molecule has 2 N–H and O–H groups in total. The van der Waals surface area contributed by atoms with Crippen LogP contribution in [0.5, 0.6) is 0 Å². The fourth-order valence-corrected chi connectivity index (χ4v) is 2.99. The molecule has 1 aromatic carbocycles. The van der Waals surface area contributed by atoms with E-state index in [2.05, 4.69) is 22.2 Å². The van der Waals surface area contributed by atoms with Crippen LogP contribution in [0.25, 0.3) is 0 Å². The van der Waals surface area contributed by atoms with E-state index in [1.54, 1.807) is 4.68 Å². The molecule has 2 aromatic rings. The molecule has 1 aromatic heterocycles. The van der Waals surface area contributed by atoms with E-state index in [4.69, 9.17) is 5.73 Å². The van der Waals surface area contributed by atoms with Crippen molar-refractivity contribution in [1.82, 2.24) is 14.8 Å². The van der Waals surface area contributed by atoms with Crippen molar-refractivity contribution >= 4 is 11.9 Å². The Morgan fingerprint density at radius 3 is 2.82 bits per heavy atom. The van der Waals surface area contributed by atoms with Crippen molar-refractivity contribution in [1.29, 1.82) is 0 Å². The van der Waals surface area contributed by atoms with Crippen molar-refractivity contribution in [3.63, 3.8) is 0 Å². The third-order valence-electron chi connectivity index (χ3n) is 4.10. The van der Waals surface area contributed by atoms with Gasteiger partial charge in [0.15, 0.2) is 5.82 Å². The Labute approximate surface area is 129 Å². The molecule has 0 radical (unpaired) electrons. The molecular weight excluding hydrogens is 278 g/mol. The molecule has 1 fully saturated rings. The zero-order valence-corrected chi connectivity index (χ0v) is 12.8. The highest BCUT2D eigenvalue weighted by Gasteiger charge is 2.32. The molecule has 1 aliphatic rings. The van der Waals surface area contributed by atoms with Crippen molar-refractivity contribution in [3.05, 3.63) is 41.7 Å². The first-order valence-corrected chi connectivity index (χ1v) is 7.65. The van der Waals surface area contributed by atoms with Crippen LogP contribution in [-0.2, 0) is 24.7 Å². The summed E-state index contributed by atoms with van der Waals surface area (Å²) in [5, 5.41) is 4.48. The van der Waals surface area contributed by atoms with Gasteiger partial charge in [-0.15, -0.1) is 0 Å². The molecule has 0 aliphatic carbocycles. The summed E-state index contributed by atoms with van der Waals surface area (Å²) in [6.45, 7) is 0.804. The molecule has 116 valence electrons. The first-order chi connectivity index (χ1) is 10.6. The third kappa shape index (κ3) is 2.95. The van der Waals surface area contributed by atoms with Crippen LogP contribution in [0.15, 0.2) is 30.3 Å². The molecular formula is C16H21N5O. The quantitative estimate of drug-likeness (QED) is 0.895. The molecule has 1 amide bonds. The number of benzene rings is 1. The number of nitrogens with zero attached hydrogens (tertiary/aromatic N) is 4. The number of carbonyl (C=O) groups excluding carboxylic acids is 1. The van der Waals surface area contributed by atoms with Crippen LogP contribution in [0.1, 0.15) is 24.2 Å². The Balaban J connectivity index is 1.72. The molecule has 0 bridgehead atoms. The van der Waals surface area contributed by atoms with Crippen molar-refractivity contribution in [2.75, 3.05) is 11.4 Å². The van der Waals surface area contributed by atoms with E-state index in [0.29, 0.717) is 0 Å². The Bertz CT molecular complexity index is 652. The first-order valence-electron chi connectivity index (χ1n) is 7.65. The van der Waals surface area contributed by atoms with Crippen molar-refractivity contribution < 1.29 is 4.79 Å². The van der Waals surface area contributed by atoms with Gasteiger partial charge in [0.1, 0.15) is 6.04 Å². The van der Waals surface area contributed by atoms with Crippen LogP contribution < -0.4 is 10.6 Å². The molecule has 0 saturated carbocycles. The second-order valence-corrected chi connectivity index (χ2v) is 5.69. The minimum Gasteiger partial charge on any atom is -0.368 e. The molecule has 3 rings (SSSR count). The predicted octanol–water partition coefficient (Wildman–Crippen LogP) is 1.05. The lowest BCUT2D eigenvalue weighted by Crippen LogP contribution is -2.41. The van der Waals surface area contributed by atoms with Crippen LogP contribution in [0.3, 0.4) is 0 Å². The van der Waals surface area contributed by atoms with Gasteiger partial charge in [0.05, 0.1) is 0 Å². The molecule has 1 saturated heterocycles. The number of aromatic nitrogens is 3. The maximum absolute atomic E-state index is 11.5. The van der Waals surface area contributed by atoms with E-state index < -0.39 is 0 Å². The molecule has 2 heterocycles. The minimum absolute atomic E-state index is 0.259. The van der Waals surface area contributed by atoms with Gasteiger partial charge in [-0.1, -0.05) is 30.3 Å². The molecule has 1 aliphatic heterocycles. The van der Waals surface area contributed by atoms with E-state index in [1.807, 2.05) is 30.1 Å². The van der Waals surface area contributed by atoms with E-state index in [-0.39, 0.29) is 11.9 Å². The molecule has 0 spiro atoms. The molecule has 1 atom stereocenters. The van der Waals surface area contributed by atoms with Crippen LogP contribution in [-0.4, -0.2) is 33.3 Å². The van der Waals surface area contributed by atoms with Gasteiger partial charge in [0.2, 0.25) is 11.9 Å². The minimum atomic E-state index is -0.286. The standard InChI is InChI=1S/C16H21N5O/c1-20-16(21-11-5-8-13(21)15(17)22)18-14(19-20)10-9-12-6-3-2-4-7-12/h2-4,6-7,13H,5,8-11H2,1H3,(H2,17,22)/t13-/m0/s1. The van der Waals surface area contributed by atoms with Gasteiger partial charge in [0.25, 0.3) is 0 Å². The number of primary amides is 1.